The fourth-order valence-corrected chi connectivity index (χ4v) is 3.99. The van der Waals surface area contributed by atoms with Crippen molar-refractivity contribution < 1.29 is 18.5 Å². The molecule has 27 heavy (non-hydrogen) atoms. The third kappa shape index (κ3) is 4.25. The summed E-state index contributed by atoms with van der Waals surface area (Å²) in [4.78, 5) is 38.0. The zero-order valence-corrected chi connectivity index (χ0v) is 15.7. The van der Waals surface area contributed by atoms with E-state index in [-0.39, 0.29) is 6.61 Å². The summed E-state index contributed by atoms with van der Waals surface area (Å²) in [5.74, 6) is -0.500. The molecule has 2 aromatic rings. The number of aryl methyl sites for hydroxylation is 1. The standard InChI is InChI=1S/C18H20N2O6S/c1-11-9-20(18(23)19-16(11)21)15-8-14(27(2)24)13(26-15)10-25-17(22)12-6-4-3-5-7-12/h3-7,9,13-15H,8,10H2,1-2H3,(H,19,21,23)/t13-,14+,15-,27?/m1/s1. The average molecular weight is 392 g/mol. The Kier molecular flexibility index (Phi) is 5.71. The summed E-state index contributed by atoms with van der Waals surface area (Å²) < 4.78 is 24.5. The van der Waals surface area contributed by atoms with E-state index in [4.69, 9.17) is 9.47 Å². The lowest BCUT2D eigenvalue weighted by atomic mass is 10.2. The lowest BCUT2D eigenvalue weighted by molar-refractivity contribution is -0.0334. The van der Waals surface area contributed by atoms with E-state index >= 15 is 0 Å². The molecule has 9 heteroatoms. The SMILES string of the molecule is Cc1cn([C@H]2C[C@H](S(C)=O)[C@@H](COC(=O)c3ccccc3)O2)c(=O)[nH]c1=O. The second kappa shape index (κ2) is 8.01. The van der Waals surface area contributed by atoms with Gasteiger partial charge in [-0.05, 0) is 19.1 Å². The highest BCUT2D eigenvalue weighted by Crippen LogP contribution is 2.31. The average Bonchev–Trinajstić information content (AvgIpc) is 3.07. The molecule has 3 rings (SSSR count). The summed E-state index contributed by atoms with van der Waals surface area (Å²) in [6, 6.07) is 8.53. The monoisotopic (exact) mass is 392 g/mol. The van der Waals surface area contributed by atoms with Crippen molar-refractivity contribution in [2.75, 3.05) is 12.9 Å². The zero-order valence-electron chi connectivity index (χ0n) is 14.9. The predicted octanol–water partition coefficient (Wildman–Crippen LogP) is 0.737. The number of ether oxygens (including phenoxy) is 2. The van der Waals surface area contributed by atoms with E-state index in [1.807, 2.05) is 0 Å². The van der Waals surface area contributed by atoms with E-state index in [1.165, 1.54) is 10.8 Å². The molecule has 0 aliphatic carbocycles. The van der Waals surface area contributed by atoms with Crippen LogP contribution >= 0.6 is 0 Å². The third-order valence-electron chi connectivity index (χ3n) is 4.45. The first kappa shape index (κ1) is 19.2. The van der Waals surface area contributed by atoms with Gasteiger partial charge >= 0.3 is 11.7 Å². The summed E-state index contributed by atoms with van der Waals surface area (Å²) in [5.41, 5.74) is -0.281. The van der Waals surface area contributed by atoms with E-state index in [1.54, 1.807) is 43.5 Å². The largest absolute Gasteiger partial charge is 0.459 e. The molecule has 1 saturated heterocycles. The van der Waals surface area contributed by atoms with Crippen molar-refractivity contribution in [3.8, 4) is 0 Å². The minimum Gasteiger partial charge on any atom is -0.459 e. The first-order chi connectivity index (χ1) is 12.9. The number of nitrogens with one attached hydrogen (secondary N) is 1. The van der Waals surface area contributed by atoms with Crippen molar-refractivity contribution in [3.63, 3.8) is 0 Å². The lowest BCUT2D eigenvalue weighted by Gasteiger charge is -2.17. The third-order valence-corrected chi connectivity index (χ3v) is 5.80. The Morgan fingerprint density at radius 3 is 2.70 bits per heavy atom. The Labute approximate surface area is 157 Å². The van der Waals surface area contributed by atoms with Crippen LogP contribution in [0.2, 0.25) is 0 Å². The molecule has 144 valence electrons. The molecule has 0 amide bonds. The van der Waals surface area contributed by atoms with Crippen LogP contribution in [-0.4, -0.2) is 43.9 Å². The van der Waals surface area contributed by atoms with Crippen molar-refractivity contribution in [1.82, 2.24) is 9.55 Å². The molecular formula is C18H20N2O6S. The van der Waals surface area contributed by atoms with Gasteiger partial charge in [0, 0.05) is 35.2 Å². The molecule has 2 heterocycles. The summed E-state index contributed by atoms with van der Waals surface area (Å²) in [7, 11) is -1.24. The fourth-order valence-electron chi connectivity index (χ4n) is 2.99. The summed E-state index contributed by atoms with van der Waals surface area (Å²) >= 11 is 0. The molecule has 1 aliphatic rings. The van der Waals surface area contributed by atoms with Gasteiger partial charge < -0.3 is 9.47 Å². The molecule has 1 aliphatic heterocycles. The van der Waals surface area contributed by atoms with Crippen LogP contribution in [0.25, 0.3) is 0 Å². The Balaban J connectivity index is 1.75. The van der Waals surface area contributed by atoms with Crippen LogP contribution in [0.3, 0.4) is 0 Å². The van der Waals surface area contributed by atoms with Gasteiger partial charge in [0.15, 0.2) is 0 Å². The van der Waals surface area contributed by atoms with Gasteiger partial charge in [0.25, 0.3) is 5.56 Å². The number of nitrogens with zero attached hydrogens (tertiary/aromatic N) is 1. The Morgan fingerprint density at radius 2 is 2.04 bits per heavy atom. The maximum Gasteiger partial charge on any atom is 0.338 e. The molecule has 0 bridgehead atoms. The Morgan fingerprint density at radius 1 is 1.33 bits per heavy atom. The number of hydrogen-bond acceptors (Lipinski definition) is 6. The van der Waals surface area contributed by atoms with E-state index in [9.17, 15) is 18.6 Å². The van der Waals surface area contributed by atoms with Crippen LogP contribution in [0.1, 0.15) is 28.6 Å². The second-order valence-corrected chi connectivity index (χ2v) is 7.95. The van der Waals surface area contributed by atoms with E-state index in [2.05, 4.69) is 4.98 Å². The van der Waals surface area contributed by atoms with Crippen molar-refractivity contribution in [3.05, 3.63) is 68.5 Å². The van der Waals surface area contributed by atoms with Gasteiger partial charge in [-0.25, -0.2) is 9.59 Å². The van der Waals surface area contributed by atoms with Gasteiger partial charge in [0.2, 0.25) is 0 Å². The van der Waals surface area contributed by atoms with Gasteiger partial charge in [0.1, 0.15) is 18.9 Å². The minimum atomic E-state index is -1.24. The smallest absolute Gasteiger partial charge is 0.338 e. The maximum atomic E-state index is 12.1. The summed E-state index contributed by atoms with van der Waals surface area (Å²) in [6.07, 6.45) is 1.96. The molecule has 0 spiro atoms. The quantitative estimate of drug-likeness (QED) is 0.752. The highest BCUT2D eigenvalue weighted by Gasteiger charge is 2.39. The van der Waals surface area contributed by atoms with Crippen LogP contribution in [-0.2, 0) is 20.3 Å². The van der Waals surface area contributed by atoms with Crippen LogP contribution in [0.5, 0.6) is 0 Å². The minimum absolute atomic E-state index is 0.0778. The number of esters is 1. The molecule has 8 nitrogen and oxygen atoms in total. The van der Waals surface area contributed by atoms with Crippen LogP contribution < -0.4 is 11.2 Å². The molecule has 4 atom stereocenters. The van der Waals surface area contributed by atoms with Gasteiger partial charge in [-0.1, -0.05) is 18.2 Å². The van der Waals surface area contributed by atoms with Gasteiger partial charge in [-0.15, -0.1) is 0 Å². The van der Waals surface area contributed by atoms with Gasteiger partial charge in [0.05, 0.1) is 10.8 Å². The number of hydrogen-bond donors (Lipinski definition) is 1. The first-order valence-corrected chi connectivity index (χ1v) is 10.0. The van der Waals surface area contributed by atoms with E-state index in [0.29, 0.717) is 17.5 Å². The molecule has 1 N–H and O–H groups in total. The van der Waals surface area contributed by atoms with Crippen LogP contribution in [0, 0.1) is 6.92 Å². The highest BCUT2D eigenvalue weighted by molar-refractivity contribution is 7.85. The summed E-state index contributed by atoms with van der Waals surface area (Å²) in [6.45, 7) is 1.50. The first-order valence-electron chi connectivity index (χ1n) is 8.38. The Hall–Kier alpha value is -2.52. The van der Waals surface area contributed by atoms with Crippen molar-refractivity contribution in [2.45, 2.75) is 30.9 Å². The molecule has 0 saturated carbocycles. The maximum absolute atomic E-state index is 12.1. The summed E-state index contributed by atoms with van der Waals surface area (Å²) in [5, 5.41) is -0.405. The second-order valence-electron chi connectivity index (χ2n) is 6.35. The number of carbonyl (C=O) groups is 1. The molecule has 1 fully saturated rings. The number of H-pyrrole nitrogens is 1. The Bertz CT molecular complexity index is 968. The zero-order chi connectivity index (χ0) is 19.6. The lowest BCUT2D eigenvalue weighted by Crippen LogP contribution is -2.33. The molecule has 1 unspecified atom stereocenters. The molecule has 1 aromatic heterocycles. The number of benzene rings is 1. The van der Waals surface area contributed by atoms with Crippen LogP contribution in [0.4, 0.5) is 0 Å². The van der Waals surface area contributed by atoms with Gasteiger partial charge in [-0.3, -0.25) is 18.6 Å². The van der Waals surface area contributed by atoms with Crippen molar-refractivity contribution in [2.24, 2.45) is 0 Å². The number of carbonyl (C=O) groups excluding carboxylic acids is 1. The number of aromatic amines is 1. The topological polar surface area (TPSA) is 107 Å². The number of rotatable bonds is 5. The van der Waals surface area contributed by atoms with Crippen molar-refractivity contribution in [1.29, 1.82) is 0 Å². The van der Waals surface area contributed by atoms with Crippen molar-refractivity contribution >= 4 is 16.8 Å². The number of aromatic nitrogens is 2. The van der Waals surface area contributed by atoms with E-state index < -0.39 is 45.6 Å². The molecule has 1 aromatic carbocycles. The predicted molar refractivity (Wildman–Crippen MR) is 99.2 cm³/mol. The van der Waals surface area contributed by atoms with E-state index in [0.717, 1.165) is 0 Å². The van der Waals surface area contributed by atoms with Crippen LogP contribution in [0.15, 0.2) is 46.1 Å². The molecular weight excluding hydrogens is 372 g/mol. The highest BCUT2D eigenvalue weighted by atomic mass is 32.2. The normalized spacial score (nSPS) is 23.1. The fraction of sp³-hybridized carbons (Fsp3) is 0.389. The van der Waals surface area contributed by atoms with Gasteiger partial charge in [-0.2, -0.15) is 0 Å². The molecule has 0 radical (unpaired) electrons.